The maximum atomic E-state index is 5.21. The lowest BCUT2D eigenvalue weighted by atomic mass is 9.96. The van der Waals surface area contributed by atoms with E-state index in [0.717, 1.165) is 38.3 Å². The number of hydrogen-bond acceptors (Lipinski definition) is 3. The summed E-state index contributed by atoms with van der Waals surface area (Å²) in [4.78, 5) is 0. The van der Waals surface area contributed by atoms with Crippen LogP contribution < -0.4 is 10.1 Å². The third-order valence-corrected chi connectivity index (χ3v) is 3.27. The summed E-state index contributed by atoms with van der Waals surface area (Å²) in [5.74, 6) is 1.54. The Hall–Kier alpha value is -1.06. The molecule has 3 heteroatoms. The first-order valence-electron chi connectivity index (χ1n) is 7.12. The van der Waals surface area contributed by atoms with Crippen molar-refractivity contribution in [1.29, 1.82) is 0 Å². The molecule has 1 unspecified atom stereocenters. The van der Waals surface area contributed by atoms with Crippen LogP contribution in [0.15, 0.2) is 24.3 Å². The summed E-state index contributed by atoms with van der Waals surface area (Å²) in [6, 6.07) is 8.36. The van der Waals surface area contributed by atoms with Gasteiger partial charge >= 0.3 is 0 Å². The number of benzene rings is 1. The molecular formula is C16H27NO2. The standard InChI is InChI=1S/C16H27NO2/c1-4-10-17-13-15(9-11-18-2)12-14-5-7-16(19-3)8-6-14/h5-8,15,17H,4,9-13H2,1-3H3. The van der Waals surface area contributed by atoms with Gasteiger partial charge in [-0.25, -0.2) is 0 Å². The predicted octanol–water partition coefficient (Wildman–Crippen LogP) is 2.89. The Balaban J connectivity index is 2.48. The van der Waals surface area contributed by atoms with Crippen molar-refractivity contribution in [3.63, 3.8) is 0 Å². The summed E-state index contributed by atoms with van der Waals surface area (Å²) in [6.45, 7) is 5.17. The highest BCUT2D eigenvalue weighted by molar-refractivity contribution is 5.27. The van der Waals surface area contributed by atoms with Crippen LogP contribution in [0.5, 0.6) is 5.75 Å². The van der Waals surface area contributed by atoms with Gasteiger partial charge in [-0.3, -0.25) is 0 Å². The van der Waals surface area contributed by atoms with Gasteiger partial charge < -0.3 is 14.8 Å². The molecule has 0 spiro atoms. The van der Waals surface area contributed by atoms with Crippen molar-refractivity contribution in [1.82, 2.24) is 5.32 Å². The Bertz CT molecular complexity index is 324. The van der Waals surface area contributed by atoms with Gasteiger partial charge in [0.2, 0.25) is 0 Å². The average Bonchev–Trinajstić information content (AvgIpc) is 2.45. The molecule has 1 atom stereocenters. The molecule has 0 amide bonds. The zero-order valence-corrected chi connectivity index (χ0v) is 12.4. The van der Waals surface area contributed by atoms with Crippen LogP contribution in [0.3, 0.4) is 0 Å². The fourth-order valence-electron chi connectivity index (χ4n) is 2.14. The van der Waals surface area contributed by atoms with E-state index in [1.807, 2.05) is 12.1 Å². The molecule has 0 radical (unpaired) electrons. The largest absolute Gasteiger partial charge is 0.497 e. The lowest BCUT2D eigenvalue weighted by Crippen LogP contribution is -2.26. The second-order valence-electron chi connectivity index (χ2n) is 4.90. The van der Waals surface area contributed by atoms with E-state index < -0.39 is 0 Å². The first-order chi connectivity index (χ1) is 9.30. The SMILES string of the molecule is CCCNCC(CCOC)Cc1ccc(OC)cc1. The Morgan fingerprint density at radius 1 is 1.16 bits per heavy atom. The Labute approximate surface area is 117 Å². The number of rotatable bonds is 10. The predicted molar refractivity (Wildman–Crippen MR) is 79.8 cm³/mol. The Kier molecular flexibility index (Phi) is 8.26. The molecular weight excluding hydrogens is 238 g/mol. The summed E-state index contributed by atoms with van der Waals surface area (Å²) < 4.78 is 10.4. The minimum atomic E-state index is 0.625. The van der Waals surface area contributed by atoms with Gasteiger partial charge in [-0.05, 0) is 56.0 Å². The zero-order chi connectivity index (χ0) is 13.9. The maximum Gasteiger partial charge on any atom is 0.118 e. The third-order valence-electron chi connectivity index (χ3n) is 3.27. The van der Waals surface area contributed by atoms with Crippen molar-refractivity contribution in [2.24, 2.45) is 5.92 Å². The average molecular weight is 265 g/mol. The summed E-state index contributed by atoms with van der Waals surface area (Å²) in [5, 5.41) is 3.51. The van der Waals surface area contributed by atoms with Crippen molar-refractivity contribution in [3.8, 4) is 5.75 Å². The summed E-state index contributed by atoms with van der Waals surface area (Å²) in [5.41, 5.74) is 1.36. The van der Waals surface area contributed by atoms with Gasteiger partial charge in [0.15, 0.2) is 0 Å². The summed E-state index contributed by atoms with van der Waals surface area (Å²) in [6.07, 6.45) is 3.36. The fourth-order valence-corrected chi connectivity index (χ4v) is 2.14. The number of hydrogen-bond donors (Lipinski definition) is 1. The molecule has 0 aliphatic heterocycles. The van der Waals surface area contributed by atoms with Gasteiger partial charge in [-0.1, -0.05) is 19.1 Å². The van der Waals surface area contributed by atoms with Crippen molar-refractivity contribution in [3.05, 3.63) is 29.8 Å². The highest BCUT2D eigenvalue weighted by Gasteiger charge is 2.09. The van der Waals surface area contributed by atoms with Crippen molar-refractivity contribution in [2.75, 3.05) is 33.9 Å². The number of methoxy groups -OCH3 is 2. The second-order valence-corrected chi connectivity index (χ2v) is 4.90. The first-order valence-corrected chi connectivity index (χ1v) is 7.12. The molecule has 0 aromatic heterocycles. The van der Waals surface area contributed by atoms with Gasteiger partial charge in [-0.2, -0.15) is 0 Å². The third kappa shape index (κ3) is 6.60. The number of nitrogens with one attached hydrogen (secondary N) is 1. The molecule has 1 aromatic carbocycles. The van der Waals surface area contributed by atoms with Crippen LogP contribution in [0.4, 0.5) is 0 Å². The Morgan fingerprint density at radius 2 is 1.89 bits per heavy atom. The molecule has 108 valence electrons. The van der Waals surface area contributed by atoms with E-state index in [4.69, 9.17) is 9.47 Å². The van der Waals surface area contributed by atoms with Crippen LogP contribution in [0.2, 0.25) is 0 Å². The van der Waals surface area contributed by atoms with Crippen LogP contribution in [-0.4, -0.2) is 33.9 Å². The molecule has 1 aromatic rings. The molecule has 0 saturated carbocycles. The van der Waals surface area contributed by atoms with Crippen molar-refractivity contribution < 1.29 is 9.47 Å². The molecule has 0 bridgehead atoms. The fraction of sp³-hybridized carbons (Fsp3) is 0.625. The quantitative estimate of drug-likeness (QED) is 0.660. The molecule has 19 heavy (non-hydrogen) atoms. The van der Waals surface area contributed by atoms with E-state index in [-0.39, 0.29) is 0 Å². The summed E-state index contributed by atoms with van der Waals surface area (Å²) in [7, 11) is 3.47. The molecule has 0 aliphatic carbocycles. The van der Waals surface area contributed by atoms with Crippen molar-refractivity contribution in [2.45, 2.75) is 26.2 Å². The van der Waals surface area contributed by atoms with E-state index in [1.54, 1.807) is 14.2 Å². The van der Waals surface area contributed by atoms with Crippen LogP contribution in [0.1, 0.15) is 25.3 Å². The maximum absolute atomic E-state index is 5.21. The van der Waals surface area contributed by atoms with Crippen molar-refractivity contribution >= 4 is 0 Å². The van der Waals surface area contributed by atoms with Crippen LogP contribution in [-0.2, 0) is 11.2 Å². The summed E-state index contributed by atoms with van der Waals surface area (Å²) >= 11 is 0. The lowest BCUT2D eigenvalue weighted by Gasteiger charge is -2.17. The van der Waals surface area contributed by atoms with Gasteiger partial charge in [0.05, 0.1) is 7.11 Å². The smallest absolute Gasteiger partial charge is 0.118 e. The van der Waals surface area contributed by atoms with Gasteiger partial charge in [-0.15, -0.1) is 0 Å². The normalized spacial score (nSPS) is 12.4. The first kappa shape index (κ1) is 16.0. The minimum absolute atomic E-state index is 0.625. The zero-order valence-electron chi connectivity index (χ0n) is 12.4. The van der Waals surface area contributed by atoms with Gasteiger partial charge in [0.1, 0.15) is 5.75 Å². The molecule has 0 saturated heterocycles. The molecule has 0 fully saturated rings. The highest BCUT2D eigenvalue weighted by Crippen LogP contribution is 2.16. The highest BCUT2D eigenvalue weighted by atomic mass is 16.5. The van der Waals surface area contributed by atoms with E-state index >= 15 is 0 Å². The molecule has 0 aliphatic rings. The lowest BCUT2D eigenvalue weighted by molar-refractivity contribution is 0.176. The van der Waals surface area contributed by atoms with Crippen LogP contribution in [0, 0.1) is 5.92 Å². The number of ether oxygens (including phenoxy) is 2. The van der Waals surface area contributed by atoms with Gasteiger partial charge in [0.25, 0.3) is 0 Å². The topological polar surface area (TPSA) is 30.5 Å². The van der Waals surface area contributed by atoms with Crippen LogP contribution in [0.25, 0.3) is 0 Å². The van der Waals surface area contributed by atoms with E-state index in [2.05, 4.69) is 24.4 Å². The molecule has 0 heterocycles. The Morgan fingerprint density at radius 3 is 2.47 bits per heavy atom. The van der Waals surface area contributed by atoms with E-state index in [9.17, 15) is 0 Å². The second kappa shape index (κ2) is 9.82. The monoisotopic (exact) mass is 265 g/mol. The molecule has 1 N–H and O–H groups in total. The van der Waals surface area contributed by atoms with E-state index in [0.29, 0.717) is 5.92 Å². The van der Waals surface area contributed by atoms with E-state index in [1.165, 1.54) is 12.0 Å². The van der Waals surface area contributed by atoms with Crippen LogP contribution >= 0.6 is 0 Å². The molecule has 3 nitrogen and oxygen atoms in total. The minimum Gasteiger partial charge on any atom is -0.497 e. The van der Waals surface area contributed by atoms with Gasteiger partial charge in [0, 0.05) is 13.7 Å². The molecule has 1 rings (SSSR count).